The van der Waals surface area contributed by atoms with Crippen LogP contribution in [-0.2, 0) is 29.5 Å². The monoisotopic (exact) mass is 1240 g/mol. The number of para-hydroxylation sites is 2. The lowest BCUT2D eigenvalue weighted by Gasteiger charge is -2.34. The summed E-state index contributed by atoms with van der Waals surface area (Å²) in [6, 6.07) is 29.5. The third kappa shape index (κ3) is 11.5. The highest BCUT2D eigenvalue weighted by Gasteiger charge is 2.35. The molecule has 2 atom stereocenters. The van der Waals surface area contributed by atoms with Gasteiger partial charge in [0.15, 0.2) is 0 Å². The van der Waals surface area contributed by atoms with E-state index < -0.39 is 67.3 Å². The lowest BCUT2D eigenvalue weighted by molar-refractivity contribution is -0.0226. The number of aromatic nitrogens is 2. The Morgan fingerprint density at radius 2 is 0.920 bits per heavy atom. The van der Waals surface area contributed by atoms with Crippen LogP contribution in [0.1, 0.15) is 65.0 Å². The van der Waals surface area contributed by atoms with Gasteiger partial charge in [-0.15, -0.1) is 0 Å². The standard InChI is InChI=1S/2C31H28F2N4O6S/c2*1-34-30(38)27-21-14-20(24(36(2)44(3,40)41)15-25(21)43-29(27)17-7-9-19(32)10-8-17)26-16-37(11-12-42-26)31(39)23-13-18-5-4-6-22(33)28(18)35-23/h2*4-10,13-15,26,35H,11-12,16H2,1-3H3,(H,34,38)/t2*26-/m10/s1. The van der Waals surface area contributed by atoms with E-state index in [2.05, 4.69) is 20.6 Å². The van der Waals surface area contributed by atoms with Crippen LogP contribution >= 0.6 is 0 Å². The van der Waals surface area contributed by atoms with E-state index in [4.69, 9.17) is 18.3 Å². The number of aromatic amines is 2. The maximum Gasteiger partial charge on any atom is 0.270 e. The number of fused-ring (bicyclic) bond motifs is 4. The van der Waals surface area contributed by atoms with Crippen molar-refractivity contribution in [3.63, 3.8) is 0 Å². The van der Waals surface area contributed by atoms with Crippen LogP contribution in [0.3, 0.4) is 0 Å². The molecule has 6 aromatic carbocycles. The molecule has 20 nitrogen and oxygen atoms in total. The van der Waals surface area contributed by atoms with Gasteiger partial charge in [0.2, 0.25) is 20.0 Å². The number of hydrogen-bond acceptors (Lipinski definition) is 12. The van der Waals surface area contributed by atoms with Crippen LogP contribution < -0.4 is 19.2 Å². The zero-order chi connectivity index (χ0) is 62.7. The highest BCUT2D eigenvalue weighted by Crippen LogP contribution is 2.43. The lowest BCUT2D eigenvalue weighted by atomic mass is 9.99. The van der Waals surface area contributed by atoms with Crippen molar-refractivity contribution in [2.75, 3.05) is 88.7 Å². The third-order valence-corrected chi connectivity index (χ3v) is 17.9. The summed E-state index contributed by atoms with van der Waals surface area (Å²) in [7, 11) is -1.83. The molecule has 6 heterocycles. The average molecular weight is 1250 g/mol. The van der Waals surface area contributed by atoms with Gasteiger partial charge in [0, 0.05) is 97.2 Å². The quantitative estimate of drug-likeness (QED) is 0.0835. The molecule has 0 radical (unpaired) electrons. The highest BCUT2D eigenvalue weighted by atomic mass is 32.2. The number of halogens is 4. The minimum atomic E-state index is -3.76. The summed E-state index contributed by atoms with van der Waals surface area (Å²) < 4.78 is 133. The fraction of sp³-hybridized carbons (Fsp3) is 0.226. The predicted molar refractivity (Wildman–Crippen MR) is 322 cm³/mol. The van der Waals surface area contributed by atoms with Gasteiger partial charge in [-0.25, -0.2) is 34.4 Å². The van der Waals surface area contributed by atoms with Gasteiger partial charge in [-0.2, -0.15) is 0 Å². The van der Waals surface area contributed by atoms with Crippen molar-refractivity contribution in [2.45, 2.75) is 12.2 Å². The summed E-state index contributed by atoms with van der Waals surface area (Å²) >= 11 is 0. The minimum absolute atomic E-state index is 0.0464. The molecule has 0 saturated carbocycles. The first kappa shape index (κ1) is 60.2. The first-order valence-corrected chi connectivity index (χ1v) is 31.0. The van der Waals surface area contributed by atoms with Crippen molar-refractivity contribution in [3.05, 3.63) is 178 Å². The Morgan fingerprint density at radius 1 is 0.545 bits per heavy atom. The molecule has 88 heavy (non-hydrogen) atoms. The van der Waals surface area contributed by atoms with Crippen molar-refractivity contribution in [1.29, 1.82) is 0 Å². The summed E-state index contributed by atoms with van der Waals surface area (Å²) in [6.45, 7) is 0.863. The number of morpholine rings is 2. The number of sulfonamides is 2. The Bertz CT molecular complexity index is 4370. The number of nitrogens with one attached hydrogen (secondary N) is 4. The van der Waals surface area contributed by atoms with Crippen LogP contribution in [0.25, 0.3) is 66.4 Å². The van der Waals surface area contributed by atoms with Gasteiger partial charge in [-0.3, -0.25) is 27.8 Å². The third-order valence-electron chi connectivity index (χ3n) is 15.5. The number of hydrogen-bond donors (Lipinski definition) is 4. The summed E-state index contributed by atoms with van der Waals surface area (Å²) in [5.74, 6) is -3.20. The van der Waals surface area contributed by atoms with Crippen molar-refractivity contribution in [3.8, 4) is 22.6 Å². The topological polar surface area (TPSA) is 250 Å². The first-order chi connectivity index (χ1) is 41.9. The Hall–Kier alpha value is -9.50. The van der Waals surface area contributed by atoms with Crippen molar-refractivity contribution >= 4 is 98.8 Å². The number of rotatable bonds is 12. The molecular formula is C62H56F4N8O12S2. The molecule has 2 fully saturated rings. The average Bonchev–Trinajstić information content (AvgIpc) is 1.74. The van der Waals surface area contributed by atoms with Crippen molar-refractivity contribution in [1.82, 2.24) is 30.4 Å². The number of carbonyl (C=O) groups is 4. The molecule has 2 aliphatic heterocycles. The molecule has 0 bridgehead atoms. The summed E-state index contributed by atoms with van der Waals surface area (Å²) in [6.07, 6.45) is 0.517. The zero-order valence-corrected chi connectivity index (χ0v) is 49.6. The summed E-state index contributed by atoms with van der Waals surface area (Å²) in [4.78, 5) is 62.2. The normalized spacial score (nSPS) is 15.6. The zero-order valence-electron chi connectivity index (χ0n) is 48.0. The van der Waals surface area contributed by atoms with Gasteiger partial charge in [0.1, 0.15) is 69.6 Å². The highest BCUT2D eigenvalue weighted by molar-refractivity contribution is 7.92. The Balaban J connectivity index is 0.000000182. The molecule has 0 unspecified atom stereocenters. The fourth-order valence-electron chi connectivity index (χ4n) is 10.9. The first-order valence-electron chi connectivity index (χ1n) is 27.3. The van der Waals surface area contributed by atoms with Gasteiger partial charge < -0.3 is 48.7 Å². The molecule has 26 heteroatoms. The lowest BCUT2D eigenvalue weighted by Crippen LogP contribution is -2.42. The number of nitrogens with zero attached hydrogens (tertiary/aromatic N) is 4. The molecule has 0 spiro atoms. The second kappa shape index (κ2) is 23.6. The van der Waals surface area contributed by atoms with Crippen LogP contribution in [0.4, 0.5) is 28.9 Å². The van der Waals surface area contributed by atoms with E-state index in [-0.39, 0.29) is 119 Å². The number of ether oxygens (including phenoxy) is 2. The minimum Gasteiger partial charge on any atom is -0.455 e. The number of H-pyrrole nitrogens is 2. The van der Waals surface area contributed by atoms with Gasteiger partial charge in [0.25, 0.3) is 23.6 Å². The molecule has 10 aromatic rings. The van der Waals surface area contributed by atoms with Crippen LogP contribution in [0.5, 0.6) is 0 Å². The Labute approximate surface area is 500 Å². The van der Waals surface area contributed by atoms with E-state index in [0.717, 1.165) is 21.1 Å². The Morgan fingerprint density at radius 3 is 1.26 bits per heavy atom. The SMILES string of the molecule is CNC(=O)c1c(-c2ccc(F)cc2)oc2cc(N(C)S(C)(=O)=O)c([C@@H]3CN(C(=O)c4cc5cccc(F)c5[nH]4)CCO3)cc12.CNC(=O)c1c(-c2ccc(F)cc2)oc2cc(N(C)S(C)(=O)=O)c([C@H]3CN(C(=O)c4cc5cccc(F)c5[nH]4)CCO3)cc12. The van der Waals surface area contributed by atoms with Gasteiger partial charge in [-0.05, 0) is 84.9 Å². The number of furan rings is 2. The largest absolute Gasteiger partial charge is 0.455 e. The molecule has 2 aliphatic rings. The van der Waals surface area contributed by atoms with Gasteiger partial charge in [-0.1, -0.05) is 24.3 Å². The molecule has 0 aliphatic carbocycles. The maximum absolute atomic E-state index is 14.3. The number of benzene rings is 6. The number of anilines is 2. The van der Waals surface area contributed by atoms with E-state index >= 15 is 0 Å². The van der Waals surface area contributed by atoms with Crippen LogP contribution in [0, 0.1) is 23.3 Å². The molecule has 4 aromatic heterocycles. The molecular weight excluding hydrogens is 1190 g/mol. The Kier molecular flexibility index (Phi) is 16.2. The van der Waals surface area contributed by atoms with Crippen LogP contribution in [-0.4, -0.2) is 140 Å². The summed E-state index contributed by atoms with van der Waals surface area (Å²) in [5, 5.41) is 7.07. The molecule has 2 saturated heterocycles. The van der Waals surface area contributed by atoms with Crippen molar-refractivity contribution in [2.24, 2.45) is 0 Å². The van der Waals surface area contributed by atoms with E-state index in [9.17, 15) is 53.6 Å². The summed E-state index contributed by atoms with van der Waals surface area (Å²) in [5.41, 5.74) is 3.81. The molecule has 4 amide bonds. The number of carbonyl (C=O) groups excluding carboxylic acids is 4. The molecule has 456 valence electrons. The van der Waals surface area contributed by atoms with E-state index in [0.29, 0.717) is 43.8 Å². The van der Waals surface area contributed by atoms with E-state index in [1.807, 2.05) is 0 Å². The van der Waals surface area contributed by atoms with Gasteiger partial charge in [0.05, 0.1) is 72.3 Å². The smallest absolute Gasteiger partial charge is 0.270 e. The number of amides is 4. The van der Waals surface area contributed by atoms with E-state index in [1.54, 1.807) is 58.3 Å². The van der Waals surface area contributed by atoms with Crippen molar-refractivity contribution < 1.29 is 71.9 Å². The molecule has 4 N–H and O–H groups in total. The molecule has 12 rings (SSSR count). The second-order valence-corrected chi connectivity index (χ2v) is 25.1. The van der Waals surface area contributed by atoms with E-state index in [1.165, 1.54) is 101 Å². The van der Waals surface area contributed by atoms with Crippen LogP contribution in [0.15, 0.2) is 130 Å². The van der Waals surface area contributed by atoms with Crippen LogP contribution in [0.2, 0.25) is 0 Å². The fourth-order valence-corrected chi connectivity index (χ4v) is 11.9. The van der Waals surface area contributed by atoms with Gasteiger partial charge >= 0.3 is 0 Å². The maximum atomic E-state index is 14.3. The predicted octanol–water partition coefficient (Wildman–Crippen LogP) is 9.66. The second-order valence-electron chi connectivity index (χ2n) is 21.1.